The zero-order chi connectivity index (χ0) is 10.8. The molecule has 0 radical (unpaired) electrons. The van der Waals surface area contributed by atoms with Crippen molar-refractivity contribution in [3.63, 3.8) is 0 Å². The van der Waals surface area contributed by atoms with E-state index in [-0.39, 0.29) is 0 Å². The predicted octanol–water partition coefficient (Wildman–Crippen LogP) is 2.28. The number of hydrogen-bond acceptors (Lipinski definition) is 3. The van der Waals surface area contributed by atoms with Crippen LogP contribution >= 0.6 is 0 Å². The van der Waals surface area contributed by atoms with Crippen LogP contribution in [0.3, 0.4) is 0 Å². The van der Waals surface area contributed by atoms with Gasteiger partial charge in [0, 0.05) is 5.39 Å². The molecule has 1 unspecified atom stereocenters. The highest BCUT2D eigenvalue weighted by Crippen LogP contribution is 2.27. The molecule has 2 rings (SSSR count). The molecule has 3 N–H and O–H groups in total. The third-order valence-corrected chi connectivity index (χ3v) is 2.62. The van der Waals surface area contributed by atoms with Crippen LogP contribution in [0.15, 0.2) is 28.9 Å². The van der Waals surface area contributed by atoms with Gasteiger partial charge in [0.25, 0.3) is 0 Å². The molecule has 0 fully saturated rings. The molecule has 1 aromatic carbocycles. The fourth-order valence-corrected chi connectivity index (χ4v) is 1.66. The summed E-state index contributed by atoms with van der Waals surface area (Å²) in [6.07, 6.45) is 2.40. The minimum Gasteiger partial charge on any atom is -0.508 e. The molecule has 0 spiro atoms. The largest absolute Gasteiger partial charge is 0.508 e. The normalized spacial score (nSPS) is 13.2. The average molecular weight is 205 g/mol. The number of nitrogens with two attached hydrogens (primary N) is 1. The first-order chi connectivity index (χ1) is 7.20. The number of rotatable bonds is 3. The Balaban J connectivity index is 2.37. The maximum atomic E-state index is 9.79. The Hall–Kier alpha value is -1.48. The summed E-state index contributed by atoms with van der Waals surface area (Å²) in [6.45, 7) is 2.68. The maximum absolute atomic E-state index is 9.79. The van der Waals surface area contributed by atoms with Gasteiger partial charge < -0.3 is 15.3 Å². The average Bonchev–Trinajstić information content (AvgIpc) is 2.65. The number of hydrogen-bond donors (Lipinski definition) is 2. The topological polar surface area (TPSA) is 59.4 Å². The lowest BCUT2D eigenvalue weighted by molar-refractivity contribution is 0.460. The van der Waals surface area contributed by atoms with Gasteiger partial charge in [-0.2, -0.15) is 0 Å². The molecule has 0 aliphatic rings. The van der Waals surface area contributed by atoms with Gasteiger partial charge in [0.15, 0.2) is 0 Å². The fraction of sp³-hybridized carbons (Fsp3) is 0.333. The highest BCUT2D eigenvalue weighted by Gasteiger charge is 2.09. The minimum absolute atomic E-state index is 0.323. The van der Waals surface area contributed by atoms with Crippen molar-refractivity contribution in [3.8, 4) is 5.75 Å². The van der Waals surface area contributed by atoms with Gasteiger partial charge in [-0.1, -0.05) is 6.92 Å². The second-order valence-corrected chi connectivity index (χ2v) is 3.98. The van der Waals surface area contributed by atoms with Gasteiger partial charge in [-0.25, -0.2) is 0 Å². The summed E-state index contributed by atoms with van der Waals surface area (Å²) in [4.78, 5) is 0. The van der Waals surface area contributed by atoms with Gasteiger partial charge in [0.2, 0.25) is 0 Å². The van der Waals surface area contributed by atoms with E-state index in [0.717, 1.165) is 23.0 Å². The van der Waals surface area contributed by atoms with Crippen molar-refractivity contribution in [1.29, 1.82) is 0 Å². The van der Waals surface area contributed by atoms with Crippen LogP contribution in [-0.2, 0) is 6.42 Å². The number of fused-ring (bicyclic) bond motifs is 1. The summed E-state index contributed by atoms with van der Waals surface area (Å²) < 4.78 is 5.29. The third kappa shape index (κ3) is 1.97. The molecule has 1 aromatic heterocycles. The Morgan fingerprint density at radius 1 is 1.47 bits per heavy atom. The Morgan fingerprint density at radius 2 is 2.27 bits per heavy atom. The molecule has 0 saturated heterocycles. The molecule has 15 heavy (non-hydrogen) atoms. The van der Waals surface area contributed by atoms with Crippen LogP contribution in [0, 0.1) is 5.92 Å². The summed E-state index contributed by atoms with van der Waals surface area (Å²) in [6, 6.07) is 5.46. The molecule has 1 heterocycles. The summed E-state index contributed by atoms with van der Waals surface area (Å²) in [7, 11) is 0. The van der Waals surface area contributed by atoms with Gasteiger partial charge >= 0.3 is 0 Å². The maximum Gasteiger partial charge on any atom is 0.134 e. The molecule has 1 atom stereocenters. The van der Waals surface area contributed by atoms with Crippen LogP contribution < -0.4 is 5.73 Å². The summed E-state index contributed by atoms with van der Waals surface area (Å²) in [5, 5.41) is 10.7. The lowest BCUT2D eigenvalue weighted by Gasteiger charge is -2.09. The van der Waals surface area contributed by atoms with Crippen LogP contribution in [0.1, 0.15) is 12.5 Å². The highest BCUT2D eigenvalue weighted by atomic mass is 16.3. The van der Waals surface area contributed by atoms with E-state index < -0.39 is 0 Å². The van der Waals surface area contributed by atoms with Crippen LogP contribution in [-0.4, -0.2) is 11.7 Å². The molecule has 3 heteroatoms. The quantitative estimate of drug-likeness (QED) is 0.808. The molecule has 3 nitrogen and oxygen atoms in total. The predicted molar refractivity (Wildman–Crippen MR) is 59.8 cm³/mol. The zero-order valence-electron chi connectivity index (χ0n) is 8.73. The molecular weight excluding hydrogens is 190 g/mol. The number of phenolic OH excluding ortho intramolecular Hbond substituents is 1. The van der Waals surface area contributed by atoms with E-state index in [9.17, 15) is 5.11 Å². The number of furan rings is 1. The smallest absolute Gasteiger partial charge is 0.134 e. The third-order valence-electron chi connectivity index (χ3n) is 2.62. The summed E-state index contributed by atoms with van der Waals surface area (Å²) in [5.41, 5.74) is 7.27. The molecular formula is C12H15NO2. The second kappa shape index (κ2) is 3.95. The molecule has 0 bridgehead atoms. The molecule has 0 amide bonds. The number of benzene rings is 1. The van der Waals surface area contributed by atoms with E-state index in [1.54, 1.807) is 12.3 Å². The Kier molecular flexibility index (Phi) is 2.64. The van der Waals surface area contributed by atoms with E-state index in [4.69, 9.17) is 10.2 Å². The van der Waals surface area contributed by atoms with Gasteiger partial charge in [-0.15, -0.1) is 0 Å². The van der Waals surface area contributed by atoms with Crippen molar-refractivity contribution < 1.29 is 9.52 Å². The van der Waals surface area contributed by atoms with Crippen molar-refractivity contribution in [2.45, 2.75) is 13.3 Å². The lowest BCUT2D eigenvalue weighted by Crippen LogP contribution is -2.13. The van der Waals surface area contributed by atoms with Crippen LogP contribution in [0.25, 0.3) is 11.0 Å². The van der Waals surface area contributed by atoms with Crippen LogP contribution in [0.2, 0.25) is 0 Å². The van der Waals surface area contributed by atoms with E-state index >= 15 is 0 Å². The minimum atomic E-state index is 0.323. The SMILES string of the molecule is CC(CN)Cc1cc2occc2cc1O. The highest BCUT2D eigenvalue weighted by molar-refractivity contribution is 5.79. The van der Waals surface area contributed by atoms with E-state index in [1.807, 2.05) is 12.1 Å². The second-order valence-electron chi connectivity index (χ2n) is 3.98. The zero-order valence-corrected chi connectivity index (χ0v) is 8.73. The van der Waals surface area contributed by atoms with E-state index in [2.05, 4.69) is 6.92 Å². The monoisotopic (exact) mass is 205 g/mol. The molecule has 0 aliphatic heterocycles. The first-order valence-corrected chi connectivity index (χ1v) is 5.10. The summed E-state index contributed by atoms with van der Waals surface area (Å²) >= 11 is 0. The van der Waals surface area contributed by atoms with Crippen molar-refractivity contribution >= 4 is 11.0 Å². The van der Waals surface area contributed by atoms with Crippen LogP contribution in [0.5, 0.6) is 5.75 Å². The molecule has 2 aromatic rings. The molecule has 0 saturated carbocycles. The number of phenols is 1. The Bertz CT molecular complexity index is 462. The van der Waals surface area contributed by atoms with Crippen LogP contribution in [0.4, 0.5) is 0 Å². The Morgan fingerprint density at radius 3 is 3.00 bits per heavy atom. The van der Waals surface area contributed by atoms with E-state index in [1.165, 1.54) is 0 Å². The standard InChI is InChI=1S/C12H15NO2/c1-8(7-13)4-10-6-12-9(2-3-15-12)5-11(10)14/h2-3,5-6,8,14H,4,7,13H2,1H3. The molecule has 0 aliphatic carbocycles. The first kappa shape index (κ1) is 10.1. The van der Waals surface area contributed by atoms with Crippen molar-refractivity contribution in [1.82, 2.24) is 0 Å². The lowest BCUT2D eigenvalue weighted by atomic mass is 10.00. The van der Waals surface area contributed by atoms with Gasteiger partial charge in [0.1, 0.15) is 11.3 Å². The van der Waals surface area contributed by atoms with Gasteiger partial charge in [-0.3, -0.25) is 0 Å². The van der Waals surface area contributed by atoms with Gasteiger partial charge in [0.05, 0.1) is 6.26 Å². The number of aromatic hydroxyl groups is 1. The van der Waals surface area contributed by atoms with Crippen molar-refractivity contribution in [3.05, 3.63) is 30.0 Å². The van der Waals surface area contributed by atoms with Crippen molar-refractivity contribution in [2.24, 2.45) is 11.7 Å². The molecule has 80 valence electrons. The van der Waals surface area contributed by atoms with E-state index in [0.29, 0.717) is 18.2 Å². The summed E-state index contributed by atoms with van der Waals surface area (Å²) in [5.74, 6) is 0.688. The van der Waals surface area contributed by atoms with Crippen molar-refractivity contribution in [2.75, 3.05) is 6.54 Å². The fourth-order valence-electron chi connectivity index (χ4n) is 1.66. The Labute approximate surface area is 88.5 Å². The van der Waals surface area contributed by atoms with Gasteiger partial charge in [-0.05, 0) is 42.6 Å². The first-order valence-electron chi connectivity index (χ1n) is 5.10.